The minimum absolute atomic E-state index is 0.251. The fourth-order valence-corrected chi connectivity index (χ4v) is 2.35. The van der Waals surface area contributed by atoms with Gasteiger partial charge in [0.05, 0.1) is 5.69 Å². The molecule has 24 heavy (non-hydrogen) atoms. The minimum atomic E-state index is -4.54. The SMILES string of the molecule is Cn1nc(C(=O)NCCc2cn3ccccc3n2)cc1C(F)(F)F. The fourth-order valence-electron chi connectivity index (χ4n) is 2.35. The zero-order valence-corrected chi connectivity index (χ0v) is 12.7. The van der Waals surface area contributed by atoms with Gasteiger partial charge in [-0.15, -0.1) is 0 Å². The molecule has 0 fully saturated rings. The summed E-state index contributed by atoms with van der Waals surface area (Å²) in [6, 6.07) is 6.33. The van der Waals surface area contributed by atoms with Crippen LogP contribution in [0.2, 0.25) is 0 Å². The predicted octanol–water partition coefficient (Wildman–Crippen LogP) is 2.06. The quantitative estimate of drug-likeness (QED) is 0.793. The number of amides is 1. The third kappa shape index (κ3) is 3.24. The molecule has 0 radical (unpaired) electrons. The van der Waals surface area contributed by atoms with Crippen molar-refractivity contribution in [1.29, 1.82) is 0 Å². The van der Waals surface area contributed by atoms with Crippen molar-refractivity contribution in [2.24, 2.45) is 7.05 Å². The number of aryl methyl sites for hydroxylation is 1. The van der Waals surface area contributed by atoms with E-state index in [0.717, 1.165) is 24.5 Å². The highest BCUT2D eigenvalue weighted by Crippen LogP contribution is 2.29. The highest BCUT2D eigenvalue weighted by molar-refractivity contribution is 5.92. The van der Waals surface area contributed by atoms with Gasteiger partial charge >= 0.3 is 6.18 Å². The Morgan fingerprint density at radius 2 is 2.12 bits per heavy atom. The molecule has 0 saturated carbocycles. The molecule has 0 aromatic carbocycles. The average Bonchev–Trinajstić information content (AvgIpc) is 3.09. The number of pyridine rings is 1. The summed E-state index contributed by atoms with van der Waals surface area (Å²) < 4.78 is 40.6. The number of fused-ring (bicyclic) bond motifs is 1. The maximum Gasteiger partial charge on any atom is 0.433 e. The third-order valence-electron chi connectivity index (χ3n) is 3.48. The van der Waals surface area contributed by atoms with E-state index in [1.807, 2.05) is 35.0 Å². The van der Waals surface area contributed by atoms with E-state index in [1.165, 1.54) is 0 Å². The van der Waals surface area contributed by atoms with Crippen LogP contribution in [0.1, 0.15) is 21.9 Å². The second-order valence-electron chi connectivity index (χ2n) is 5.24. The molecule has 3 aromatic heterocycles. The van der Waals surface area contributed by atoms with Crippen LogP contribution < -0.4 is 5.32 Å². The molecule has 6 nitrogen and oxygen atoms in total. The van der Waals surface area contributed by atoms with Crippen LogP contribution in [0, 0.1) is 0 Å². The topological polar surface area (TPSA) is 64.2 Å². The normalized spacial score (nSPS) is 11.8. The van der Waals surface area contributed by atoms with E-state index in [9.17, 15) is 18.0 Å². The van der Waals surface area contributed by atoms with Crippen LogP contribution in [0.25, 0.3) is 5.65 Å². The van der Waals surface area contributed by atoms with E-state index in [0.29, 0.717) is 11.1 Å². The predicted molar refractivity (Wildman–Crippen MR) is 79.4 cm³/mol. The standard InChI is InChI=1S/C15H14F3N5O/c1-22-12(15(16,17)18)8-11(21-22)14(24)19-6-5-10-9-23-7-3-2-4-13(23)20-10/h2-4,7-9H,5-6H2,1H3,(H,19,24). The highest BCUT2D eigenvalue weighted by Gasteiger charge is 2.35. The number of carbonyl (C=O) groups is 1. The molecular weight excluding hydrogens is 323 g/mol. The lowest BCUT2D eigenvalue weighted by atomic mass is 10.3. The Kier molecular flexibility index (Phi) is 4.00. The first-order valence-corrected chi connectivity index (χ1v) is 7.16. The van der Waals surface area contributed by atoms with Crippen molar-refractivity contribution < 1.29 is 18.0 Å². The lowest BCUT2D eigenvalue weighted by molar-refractivity contribution is -0.143. The molecule has 0 aliphatic carbocycles. The van der Waals surface area contributed by atoms with Gasteiger partial charge in [-0.2, -0.15) is 18.3 Å². The molecule has 126 valence electrons. The lowest BCUT2D eigenvalue weighted by Gasteiger charge is -2.04. The molecular formula is C15H14F3N5O. The first-order valence-electron chi connectivity index (χ1n) is 7.16. The Labute approximate surface area is 134 Å². The Bertz CT molecular complexity index is 848. The van der Waals surface area contributed by atoms with Gasteiger partial charge in [-0.25, -0.2) is 4.98 Å². The molecule has 1 N–H and O–H groups in total. The van der Waals surface area contributed by atoms with Crippen LogP contribution in [0.15, 0.2) is 36.7 Å². The third-order valence-corrected chi connectivity index (χ3v) is 3.48. The molecule has 0 atom stereocenters. The van der Waals surface area contributed by atoms with Crippen LogP contribution in [-0.2, 0) is 19.6 Å². The van der Waals surface area contributed by atoms with Crippen molar-refractivity contribution in [3.8, 4) is 0 Å². The van der Waals surface area contributed by atoms with Gasteiger partial charge in [-0.05, 0) is 12.1 Å². The van der Waals surface area contributed by atoms with E-state index in [-0.39, 0.29) is 12.2 Å². The zero-order valence-electron chi connectivity index (χ0n) is 12.7. The molecule has 0 unspecified atom stereocenters. The molecule has 3 heterocycles. The van der Waals surface area contributed by atoms with E-state index < -0.39 is 17.8 Å². The Morgan fingerprint density at radius 1 is 1.33 bits per heavy atom. The van der Waals surface area contributed by atoms with Gasteiger partial charge in [-0.3, -0.25) is 9.48 Å². The van der Waals surface area contributed by atoms with Gasteiger partial charge in [0.25, 0.3) is 5.91 Å². The van der Waals surface area contributed by atoms with Gasteiger partial charge in [0.15, 0.2) is 5.69 Å². The Hall–Kier alpha value is -2.84. The number of halogens is 3. The van der Waals surface area contributed by atoms with Gasteiger partial charge in [0.1, 0.15) is 11.3 Å². The second-order valence-corrected chi connectivity index (χ2v) is 5.24. The number of alkyl halides is 3. The van der Waals surface area contributed by atoms with Gasteiger partial charge in [0.2, 0.25) is 0 Å². The van der Waals surface area contributed by atoms with E-state index in [1.54, 1.807) is 0 Å². The Balaban J connectivity index is 1.61. The van der Waals surface area contributed by atoms with Crippen molar-refractivity contribution in [3.05, 3.63) is 53.7 Å². The van der Waals surface area contributed by atoms with E-state index >= 15 is 0 Å². The fraction of sp³-hybridized carbons (Fsp3) is 0.267. The summed E-state index contributed by atoms with van der Waals surface area (Å²) in [4.78, 5) is 16.3. The Morgan fingerprint density at radius 3 is 2.79 bits per heavy atom. The van der Waals surface area contributed by atoms with Crippen LogP contribution >= 0.6 is 0 Å². The number of hydrogen-bond acceptors (Lipinski definition) is 3. The molecule has 1 amide bonds. The van der Waals surface area contributed by atoms with Crippen molar-refractivity contribution in [3.63, 3.8) is 0 Å². The van der Waals surface area contributed by atoms with Crippen molar-refractivity contribution in [2.75, 3.05) is 6.54 Å². The molecule has 0 bridgehead atoms. The maximum absolute atomic E-state index is 12.7. The van der Waals surface area contributed by atoms with Crippen LogP contribution in [-0.4, -0.2) is 31.6 Å². The van der Waals surface area contributed by atoms with Crippen molar-refractivity contribution >= 4 is 11.6 Å². The number of nitrogens with zero attached hydrogens (tertiary/aromatic N) is 4. The first-order chi connectivity index (χ1) is 11.3. The maximum atomic E-state index is 12.7. The number of hydrogen-bond donors (Lipinski definition) is 1. The molecule has 3 aromatic rings. The van der Waals surface area contributed by atoms with Gasteiger partial charge in [-0.1, -0.05) is 6.07 Å². The summed E-state index contributed by atoms with van der Waals surface area (Å²) in [5, 5.41) is 6.15. The summed E-state index contributed by atoms with van der Waals surface area (Å²) >= 11 is 0. The number of carbonyl (C=O) groups excluding carboxylic acids is 1. The summed E-state index contributed by atoms with van der Waals surface area (Å²) in [6.45, 7) is 0.251. The monoisotopic (exact) mass is 337 g/mol. The van der Waals surface area contributed by atoms with Crippen LogP contribution in [0.3, 0.4) is 0 Å². The minimum Gasteiger partial charge on any atom is -0.350 e. The molecule has 0 saturated heterocycles. The molecule has 0 aliphatic rings. The van der Waals surface area contributed by atoms with E-state index in [4.69, 9.17) is 0 Å². The number of imidazole rings is 1. The molecule has 0 aliphatic heterocycles. The summed E-state index contributed by atoms with van der Waals surface area (Å²) in [7, 11) is 1.15. The van der Waals surface area contributed by atoms with Crippen LogP contribution in [0.5, 0.6) is 0 Å². The second kappa shape index (κ2) is 5.99. The lowest BCUT2D eigenvalue weighted by Crippen LogP contribution is -2.26. The molecule has 3 rings (SSSR count). The summed E-state index contributed by atoms with van der Waals surface area (Å²) in [5.74, 6) is -0.648. The first kappa shape index (κ1) is 16.0. The largest absolute Gasteiger partial charge is 0.433 e. The highest BCUT2D eigenvalue weighted by atomic mass is 19.4. The smallest absolute Gasteiger partial charge is 0.350 e. The molecule has 0 spiro atoms. The molecule has 9 heteroatoms. The number of aromatic nitrogens is 4. The van der Waals surface area contributed by atoms with E-state index in [2.05, 4.69) is 15.4 Å². The summed E-state index contributed by atoms with van der Waals surface area (Å²) in [6.07, 6.45) is -0.385. The summed E-state index contributed by atoms with van der Waals surface area (Å²) in [5.41, 5.74) is 0.338. The number of nitrogens with one attached hydrogen (secondary N) is 1. The van der Waals surface area contributed by atoms with Crippen LogP contribution in [0.4, 0.5) is 13.2 Å². The van der Waals surface area contributed by atoms with Crippen molar-refractivity contribution in [2.45, 2.75) is 12.6 Å². The number of rotatable bonds is 4. The zero-order chi connectivity index (χ0) is 17.3. The van der Waals surface area contributed by atoms with Gasteiger partial charge in [0, 0.05) is 38.5 Å². The van der Waals surface area contributed by atoms with Crippen molar-refractivity contribution in [1.82, 2.24) is 24.5 Å². The van der Waals surface area contributed by atoms with Gasteiger partial charge < -0.3 is 9.72 Å². The average molecular weight is 337 g/mol.